The number of amides is 1. The van der Waals surface area contributed by atoms with Gasteiger partial charge < -0.3 is 10.2 Å². The maximum atomic E-state index is 13.3. The molecular weight excluding hydrogens is 474 g/mol. The molecule has 3 aromatic carbocycles. The molecule has 1 fully saturated rings. The van der Waals surface area contributed by atoms with E-state index in [-0.39, 0.29) is 10.8 Å². The summed E-state index contributed by atoms with van der Waals surface area (Å²) < 4.78 is 29.4. The molecule has 0 spiro atoms. The molecule has 4 aromatic rings. The van der Waals surface area contributed by atoms with Crippen LogP contribution in [0.5, 0.6) is 0 Å². The van der Waals surface area contributed by atoms with E-state index < -0.39 is 10.0 Å². The monoisotopic (exact) mass is 501 g/mol. The van der Waals surface area contributed by atoms with E-state index in [1.807, 2.05) is 54.6 Å². The first-order valence-corrected chi connectivity index (χ1v) is 13.3. The van der Waals surface area contributed by atoms with E-state index in [9.17, 15) is 13.2 Å². The Labute approximate surface area is 210 Å². The number of H-pyrrole nitrogens is 1. The van der Waals surface area contributed by atoms with Gasteiger partial charge in [0.15, 0.2) is 0 Å². The summed E-state index contributed by atoms with van der Waals surface area (Å²) in [4.78, 5) is 13.6. The van der Waals surface area contributed by atoms with Crippen LogP contribution in [0.1, 0.15) is 31.0 Å². The van der Waals surface area contributed by atoms with E-state index in [0.717, 1.165) is 53.8 Å². The number of aromatic nitrogens is 2. The molecule has 1 amide bonds. The van der Waals surface area contributed by atoms with Gasteiger partial charge in [-0.2, -0.15) is 5.10 Å². The molecule has 1 aromatic heterocycles. The first-order valence-electron chi connectivity index (χ1n) is 11.8. The highest BCUT2D eigenvalue weighted by atomic mass is 32.2. The second kappa shape index (κ2) is 9.87. The lowest BCUT2D eigenvalue weighted by atomic mass is 10.1. The van der Waals surface area contributed by atoms with Gasteiger partial charge in [-0.25, -0.2) is 8.42 Å². The Balaban J connectivity index is 1.51. The fourth-order valence-corrected chi connectivity index (χ4v) is 5.43. The Bertz CT molecular complexity index is 1520. The summed E-state index contributed by atoms with van der Waals surface area (Å²) in [5.41, 5.74) is 4.47. The average molecular weight is 502 g/mol. The SMILES string of the molecule is CC(=O)Nc1ccc(S(=O)(=O)Nc2cc3c(C=Cc4ccccc4)n[nH]c3cc2N2CCCC2)cc1. The van der Waals surface area contributed by atoms with Gasteiger partial charge in [0.2, 0.25) is 5.91 Å². The smallest absolute Gasteiger partial charge is 0.261 e. The lowest BCUT2D eigenvalue weighted by molar-refractivity contribution is -0.114. The van der Waals surface area contributed by atoms with Crippen molar-refractivity contribution in [2.24, 2.45) is 0 Å². The van der Waals surface area contributed by atoms with Gasteiger partial charge in [0.1, 0.15) is 0 Å². The Morgan fingerprint density at radius 3 is 2.42 bits per heavy atom. The van der Waals surface area contributed by atoms with Crippen molar-refractivity contribution in [3.63, 3.8) is 0 Å². The zero-order valence-corrected chi connectivity index (χ0v) is 20.7. The third-order valence-electron chi connectivity index (χ3n) is 6.12. The molecule has 1 aliphatic rings. The molecule has 0 bridgehead atoms. The Kier molecular flexibility index (Phi) is 6.47. The Hall–Kier alpha value is -4.11. The standard InChI is InChI=1S/C27H27N5O3S/c1-19(33)28-21-10-12-22(13-11-21)36(34,35)31-26-17-23-24(14-9-20-7-3-2-4-8-20)29-30-25(23)18-27(26)32-15-5-6-16-32/h2-4,7-14,17-18,31H,5-6,15-16H2,1H3,(H,28,33)(H,29,30). The predicted octanol–water partition coefficient (Wildman–Crippen LogP) is 5.09. The van der Waals surface area contributed by atoms with Crippen LogP contribution in [-0.4, -0.2) is 37.6 Å². The van der Waals surface area contributed by atoms with E-state index in [0.29, 0.717) is 11.4 Å². The minimum absolute atomic E-state index is 0.112. The fraction of sp³-hybridized carbons (Fsp3) is 0.185. The first kappa shape index (κ1) is 23.6. The number of sulfonamides is 1. The molecule has 0 saturated carbocycles. The second-order valence-electron chi connectivity index (χ2n) is 8.77. The van der Waals surface area contributed by atoms with Crippen LogP contribution in [0.4, 0.5) is 17.1 Å². The number of benzene rings is 3. The molecule has 5 rings (SSSR count). The highest BCUT2D eigenvalue weighted by molar-refractivity contribution is 7.92. The second-order valence-corrected chi connectivity index (χ2v) is 10.5. The number of fused-ring (bicyclic) bond motifs is 1. The molecule has 8 nitrogen and oxygen atoms in total. The van der Waals surface area contributed by atoms with Crippen molar-refractivity contribution < 1.29 is 13.2 Å². The van der Waals surface area contributed by atoms with E-state index in [1.165, 1.54) is 19.1 Å². The number of carbonyl (C=O) groups is 1. The highest BCUT2D eigenvalue weighted by Gasteiger charge is 2.22. The van der Waals surface area contributed by atoms with Crippen LogP contribution in [0, 0.1) is 0 Å². The van der Waals surface area contributed by atoms with Crippen LogP contribution in [0.2, 0.25) is 0 Å². The first-order chi connectivity index (χ1) is 17.4. The number of nitrogens with zero attached hydrogens (tertiary/aromatic N) is 2. The summed E-state index contributed by atoms with van der Waals surface area (Å²) in [7, 11) is -3.87. The normalized spacial score (nSPS) is 14.0. The molecule has 9 heteroatoms. The predicted molar refractivity (Wildman–Crippen MR) is 144 cm³/mol. The third kappa shape index (κ3) is 5.11. The van der Waals surface area contributed by atoms with Crippen LogP contribution >= 0.6 is 0 Å². The molecule has 1 saturated heterocycles. The number of hydrogen-bond donors (Lipinski definition) is 3. The van der Waals surface area contributed by atoms with Crippen LogP contribution in [0.25, 0.3) is 23.1 Å². The van der Waals surface area contributed by atoms with Crippen molar-refractivity contribution in [3.8, 4) is 0 Å². The van der Waals surface area contributed by atoms with Gasteiger partial charge in [0, 0.05) is 31.1 Å². The number of anilines is 3. The molecule has 0 radical (unpaired) electrons. The minimum atomic E-state index is -3.87. The van der Waals surface area contributed by atoms with Crippen molar-refractivity contribution in [1.29, 1.82) is 0 Å². The summed E-state index contributed by atoms with van der Waals surface area (Å²) in [6.07, 6.45) is 6.01. The van der Waals surface area contributed by atoms with Gasteiger partial charge in [0.25, 0.3) is 10.0 Å². The highest BCUT2D eigenvalue weighted by Crippen LogP contribution is 2.35. The Morgan fingerprint density at radius 2 is 1.72 bits per heavy atom. The summed E-state index contributed by atoms with van der Waals surface area (Å²) in [5.74, 6) is -0.218. The number of hydrogen-bond acceptors (Lipinski definition) is 5. The van der Waals surface area contributed by atoms with Crippen LogP contribution in [0.3, 0.4) is 0 Å². The van der Waals surface area contributed by atoms with E-state index in [1.54, 1.807) is 12.1 Å². The molecular formula is C27H27N5O3S. The third-order valence-corrected chi connectivity index (χ3v) is 7.50. The van der Waals surface area contributed by atoms with Gasteiger partial charge in [-0.15, -0.1) is 0 Å². The van der Waals surface area contributed by atoms with Gasteiger partial charge >= 0.3 is 0 Å². The largest absolute Gasteiger partial charge is 0.370 e. The van der Waals surface area contributed by atoms with E-state index in [4.69, 9.17) is 0 Å². The van der Waals surface area contributed by atoms with Gasteiger partial charge in [-0.1, -0.05) is 36.4 Å². The molecule has 184 valence electrons. The molecule has 1 aliphatic heterocycles. The van der Waals surface area contributed by atoms with Crippen LogP contribution in [0.15, 0.2) is 71.6 Å². The van der Waals surface area contributed by atoms with Gasteiger partial charge in [-0.05, 0) is 60.9 Å². The van der Waals surface area contributed by atoms with Gasteiger partial charge in [-0.3, -0.25) is 14.6 Å². The van der Waals surface area contributed by atoms with E-state index in [2.05, 4.69) is 25.1 Å². The average Bonchev–Trinajstić information content (AvgIpc) is 3.53. The van der Waals surface area contributed by atoms with Crippen molar-refractivity contribution in [2.75, 3.05) is 28.0 Å². The Morgan fingerprint density at radius 1 is 1.00 bits per heavy atom. The zero-order chi connectivity index (χ0) is 25.1. The summed E-state index contributed by atoms with van der Waals surface area (Å²) in [6, 6.07) is 19.8. The number of aromatic amines is 1. The fourth-order valence-electron chi connectivity index (χ4n) is 4.37. The van der Waals surface area contributed by atoms with Crippen LogP contribution in [-0.2, 0) is 14.8 Å². The summed E-state index contributed by atoms with van der Waals surface area (Å²) in [5, 5.41) is 11.0. The summed E-state index contributed by atoms with van der Waals surface area (Å²) in [6.45, 7) is 3.13. The molecule has 0 aliphatic carbocycles. The molecule has 0 unspecified atom stereocenters. The van der Waals surface area contributed by atoms with Crippen molar-refractivity contribution in [1.82, 2.24) is 10.2 Å². The maximum Gasteiger partial charge on any atom is 0.261 e. The maximum absolute atomic E-state index is 13.3. The number of rotatable bonds is 7. The molecule has 0 atom stereocenters. The molecule has 36 heavy (non-hydrogen) atoms. The zero-order valence-electron chi connectivity index (χ0n) is 19.9. The van der Waals surface area contributed by atoms with Crippen LogP contribution < -0.4 is 14.9 Å². The minimum Gasteiger partial charge on any atom is -0.370 e. The summed E-state index contributed by atoms with van der Waals surface area (Å²) >= 11 is 0. The lowest BCUT2D eigenvalue weighted by Crippen LogP contribution is -2.21. The topological polar surface area (TPSA) is 107 Å². The van der Waals surface area contributed by atoms with Gasteiger partial charge in [0.05, 0.1) is 27.5 Å². The van der Waals surface area contributed by atoms with Crippen molar-refractivity contribution >= 4 is 56.0 Å². The quantitative estimate of drug-likeness (QED) is 0.327. The number of nitrogens with one attached hydrogen (secondary N) is 3. The number of carbonyl (C=O) groups excluding carboxylic acids is 1. The lowest BCUT2D eigenvalue weighted by Gasteiger charge is -2.22. The van der Waals surface area contributed by atoms with Crippen molar-refractivity contribution in [3.05, 3.63) is 78.0 Å². The molecule has 2 heterocycles. The van der Waals surface area contributed by atoms with E-state index >= 15 is 0 Å². The molecule has 3 N–H and O–H groups in total. The van der Waals surface area contributed by atoms with Crippen molar-refractivity contribution in [2.45, 2.75) is 24.7 Å².